The van der Waals surface area contributed by atoms with Gasteiger partial charge in [-0.1, -0.05) is 118 Å². The molecule has 1 saturated carbocycles. The number of amides is 2. The van der Waals surface area contributed by atoms with Crippen LogP contribution in [0.25, 0.3) is 0 Å². The van der Waals surface area contributed by atoms with Gasteiger partial charge in [0.25, 0.3) is 0 Å². The van der Waals surface area contributed by atoms with Gasteiger partial charge >= 0.3 is 0 Å². The maximum Gasteiger partial charge on any atom is 0.227 e. The number of hydrogen-bond donors (Lipinski definition) is 2. The average molecular weight is 787 g/mol. The smallest absolute Gasteiger partial charge is 0.227 e. The van der Waals surface area contributed by atoms with Crippen LogP contribution in [0.3, 0.4) is 0 Å². The third kappa shape index (κ3) is 7.18. The predicted molar refractivity (Wildman–Crippen MR) is 205 cm³/mol. The van der Waals surface area contributed by atoms with Gasteiger partial charge in [-0.05, 0) is 113 Å². The van der Waals surface area contributed by atoms with Gasteiger partial charge in [-0.2, -0.15) is 0 Å². The lowest BCUT2D eigenvalue weighted by Gasteiger charge is -2.40. The highest BCUT2D eigenvalue weighted by Gasteiger charge is 2.47. The molecule has 4 nitrogen and oxygen atoms in total. The Labute approximate surface area is 322 Å². The van der Waals surface area contributed by atoms with Crippen LogP contribution in [0.1, 0.15) is 58.8 Å². The molecule has 8 atom stereocenters. The molecule has 2 saturated heterocycles. The van der Waals surface area contributed by atoms with Crippen molar-refractivity contribution in [1.82, 2.24) is 10.6 Å². The van der Waals surface area contributed by atoms with Gasteiger partial charge in [-0.25, -0.2) is 0 Å². The first-order valence-corrected chi connectivity index (χ1v) is 19.0. The van der Waals surface area contributed by atoms with Gasteiger partial charge < -0.3 is 10.6 Å². The Morgan fingerprint density at radius 3 is 1.56 bits per heavy atom. The molecule has 2 aliphatic heterocycles. The lowest BCUT2D eigenvalue weighted by Crippen LogP contribution is -2.32. The highest BCUT2D eigenvalue weighted by atomic mass is 35.5. The minimum absolute atomic E-state index is 0.0832. The first-order valence-electron chi connectivity index (χ1n) is 16.7. The van der Waals surface area contributed by atoms with E-state index in [-0.39, 0.29) is 59.2 Å². The molecule has 2 heterocycles. The molecular weight excluding hydrogens is 753 g/mol. The molecule has 3 fully saturated rings. The fourth-order valence-corrected chi connectivity index (χ4v) is 9.97. The minimum atomic E-state index is -0.0944. The first-order chi connectivity index (χ1) is 24.1. The van der Waals surface area contributed by atoms with Crippen LogP contribution in [0.5, 0.6) is 0 Å². The molecule has 4 aromatic carbocycles. The second kappa shape index (κ2) is 15.1. The molecule has 50 heavy (non-hydrogen) atoms. The number of halogens is 6. The summed E-state index contributed by atoms with van der Waals surface area (Å²) in [4.78, 5) is 24.4. The number of hydrogen-bond acceptors (Lipinski definition) is 2. The lowest BCUT2D eigenvalue weighted by atomic mass is 9.63. The molecule has 4 aromatic rings. The van der Waals surface area contributed by atoms with E-state index in [0.29, 0.717) is 31.7 Å². The molecule has 2 amide bonds. The van der Waals surface area contributed by atoms with Crippen molar-refractivity contribution in [3.8, 4) is 0 Å². The van der Waals surface area contributed by atoms with E-state index >= 15 is 0 Å². The van der Waals surface area contributed by atoms with Gasteiger partial charge in [0.05, 0.1) is 5.92 Å². The van der Waals surface area contributed by atoms with Crippen molar-refractivity contribution in [2.45, 2.75) is 36.5 Å². The van der Waals surface area contributed by atoms with Crippen molar-refractivity contribution in [3.63, 3.8) is 0 Å². The fraction of sp³-hybridized carbons (Fsp3) is 0.300. The second-order valence-electron chi connectivity index (χ2n) is 13.5. The van der Waals surface area contributed by atoms with Gasteiger partial charge in [0.2, 0.25) is 11.8 Å². The summed E-state index contributed by atoms with van der Waals surface area (Å²) in [5.74, 6) is 1.46. The van der Waals surface area contributed by atoms with Crippen LogP contribution in [0.4, 0.5) is 0 Å². The maximum absolute atomic E-state index is 12.2. The Balaban J connectivity index is 0.000000157. The predicted octanol–water partition coefficient (Wildman–Crippen LogP) is 11.1. The summed E-state index contributed by atoms with van der Waals surface area (Å²) in [5, 5.41) is 10.1. The average Bonchev–Trinajstić information content (AvgIpc) is 3.67. The summed E-state index contributed by atoms with van der Waals surface area (Å²) < 4.78 is 0. The molecule has 0 bridgehead atoms. The highest BCUT2D eigenvalue weighted by Crippen LogP contribution is 2.53. The van der Waals surface area contributed by atoms with Crippen molar-refractivity contribution in [1.29, 1.82) is 0 Å². The molecule has 0 aromatic heterocycles. The summed E-state index contributed by atoms with van der Waals surface area (Å²) in [6, 6.07) is 27.2. The Hall–Kier alpha value is -2.70. The third-order valence-corrected chi connectivity index (χ3v) is 12.5. The lowest BCUT2D eigenvalue weighted by molar-refractivity contribution is -0.124. The minimum Gasteiger partial charge on any atom is -0.356 e. The quantitative estimate of drug-likeness (QED) is 0.202. The number of allylic oxidation sites excluding steroid dienone is 1. The fourth-order valence-electron chi connectivity index (χ4n) is 8.63. The number of nitrogens with one attached hydrogen (secondary N) is 2. The number of rotatable bonds is 4. The van der Waals surface area contributed by atoms with Gasteiger partial charge in [0.1, 0.15) is 0 Å². The molecule has 10 heteroatoms. The number of carbonyl (C=O) groups excluding carboxylic acids is 2. The van der Waals surface area contributed by atoms with E-state index in [9.17, 15) is 9.59 Å². The summed E-state index contributed by atoms with van der Waals surface area (Å²) in [6.07, 6.45) is 5.96. The van der Waals surface area contributed by atoms with E-state index in [4.69, 9.17) is 69.6 Å². The SMILES string of the molecule is O=C1NC[C@H]2[C@H](c3ccc(Cl)cc3)[C@H](c3ccc(Cl)cc3Cl)C=C[C@@H]12.O=C1NC[C@H]2[C@H](c3ccc(Cl)cc3)[C@H](c3ccc(Cl)cc3Cl)CC[C@@H]12. The molecule has 0 unspecified atom stereocenters. The topological polar surface area (TPSA) is 58.2 Å². The van der Waals surface area contributed by atoms with Crippen LogP contribution >= 0.6 is 69.6 Å². The third-order valence-electron chi connectivity index (χ3n) is 10.9. The van der Waals surface area contributed by atoms with E-state index in [1.807, 2.05) is 72.8 Å². The Morgan fingerprint density at radius 2 is 0.960 bits per heavy atom. The van der Waals surface area contributed by atoms with Crippen molar-refractivity contribution in [3.05, 3.63) is 149 Å². The van der Waals surface area contributed by atoms with E-state index in [1.165, 1.54) is 5.56 Å². The van der Waals surface area contributed by atoms with Crippen molar-refractivity contribution >= 4 is 81.4 Å². The number of benzene rings is 4. The van der Waals surface area contributed by atoms with Gasteiger partial charge in [0.15, 0.2) is 0 Å². The summed E-state index contributed by atoms with van der Waals surface area (Å²) >= 11 is 37.3. The zero-order valence-electron chi connectivity index (χ0n) is 26.8. The standard InChI is InChI=1S/C20H18Cl3NO.C20H16Cl3NO/c2*21-12-3-1-11(2-4-12)19-15(14-6-5-13(22)9-18(14)23)7-8-16-17(19)10-24-20(16)25/h1-6,9,15-17,19H,7-8,10H2,(H,24,25);1-9,15-17,19H,10H2,(H,24,25)/t2*15-,16+,17+,19+/m00/s1. The zero-order valence-corrected chi connectivity index (χ0v) is 31.3. The van der Waals surface area contributed by atoms with Crippen LogP contribution in [0.15, 0.2) is 97.1 Å². The molecule has 258 valence electrons. The van der Waals surface area contributed by atoms with Crippen molar-refractivity contribution in [2.75, 3.05) is 13.1 Å². The molecule has 2 N–H and O–H groups in total. The molecule has 0 spiro atoms. The van der Waals surface area contributed by atoms with Gasteiger partial charge in [-0.3, -0.25) is 9.59 Å². The van der Waals surface area contributed by atoms with Gasteiger partial charge in [-0.15, -0.1) is 0 Å². The number of carbonyl (C=O) groups is 2. The largest absolute Gasteiger partial charge is 0.356 e. The highest BCUT2D eigenvalue weighted by molar-refractivity contribution is 6.35. The van der Waals surface area contributed by atoms with Crippen molar-refractivity contribution < 1.29 is 9.59 Å². The molecule has 4 aliphatic rings. The van der Waals surface area contributed by atoms with E-state index in [1.54, 1.807) is 6.07 Å². The van der Waals surface area contributed by atoms with E-state index in [2.05, 4.69) is 28.8 Å². The van der Waals surface area contributed by atoms with E-state index in [0.717, 1.165) is 41.1 Å². The van der Waals surface area contributed by atoms with Crippen LogP contribution in [-0.2, 0) is 9.59 Å². The van der Waals surface area contributed by atoms with Crippen molar-refractivity contribution in [2.24, 2.45) is 23.7 Å². The molecule has 0 radical (unpaired) electrons. The van der Waals surface area contributed by atoms with E-state index < -0.39 is 0 Å². The first kappa shape index (κ1) is 35.7. The number of fused-ring (bicyclic) bond motifs is 2. The molecular formula is C40H34Cl6N2O2. The van der Waals surface area contributed by atoms with Gasteiger partial charge in [0, 0.05) is 55.1 Å². The summed E-state index contributed by atoms with van der Waals surface area (Å²) in [7, 11) is 0. The Bertz CT molecular complexity index is 1930. The summed E-state index contributed by atoms with van der Waals surface area (Å²) in [5.41, 5.74) is 4.52. The maximum atomic E-state index is 12.2. The van der Waals surface area contributed by atoms with Crippen LogP contribution in [0.2, 0.25) is 30.1 Å². The molecule has 8 rings (SSSR count). The second-order valence-corrected chi connectivity index (χ2v) is 16.1. The van der Waals surface area contributed by atoms with Crippen LogP contribution in [0, 0.1) is 23.7 Å². The van der Waals surface area contributed by atoms with Crippen LogP contribution in [-0.4, -0.2) is 24.9 Å². The monoisotopic (exact) mass is 784 g/mol. The normalized spacial score (nSPS) is 28.2. The molecule has 2 aliphatic carbocycles. The van der Waals surface area contributed by atoms with Crippen LogP contribution < -0.4 is 10.6 Å². The Kier molecular flexibility index (Phi) is 10.8. The zero-order chi connectivity index (χ0) is 35.1. The summed E-state index contributed by atoms with van der Waals surface area (Å²) in [6.45, 7) is 1.39. The Morgan fingerprint density at radius 1 is 0.480 bits per heavy atom.